The molecule has 5 heteroatoms. The molecule has 14 aromatic rings. The average molecular weight is 857 g/mol. The first kappa shape index (κ1) is 36.3. The van der Waals surface area contributed by atoms with Crippen LogP contribution in [0.15, 0.2) is 233 Å². The van der Waals surface area contributed by atoms with Crippen LogP contribution in [-0.4, -0.2) is 9.97 Å². The van der Waals surface area contributed by atoms with Crippen LogP contribution in [0.4, 0.5) is 17.1 Å². The third kappa shape index (κ3) is 6.47. The van der Waals surface area contributed by atoms with E-state index in [1.165, 1.54) is 32.3 Å². The number of rotatable bonds is 6. The van der Waals surface area contributed by atoms with Crippen LogP contribution in [0.1, 0.15) is 1.37 Å². The van der Waals surface area contributed by atoms with Crippen molar-refractivity contribution in [2.45, 2.75) is 0 Å². The zero-order chi connectivity index (χ0) is 44.9. The largest absolute Gasteiger partial charge is 0.436 e. The molecule has 0 aliphatic heterocycles. The lowest BCUT2D eigenvalue weighted by atomic mass is 9.98. The fourth-order valence-electron chi connectivity index (χ4n) is 9.75. The Labute approximate surface area is 385 Å². The summed E-state index contributed by atoms with van der Waals surface area (Å²) in [7, 11) is 0. The Morgan fingerprint density at radius 2 is 0.657 bits per heavy atom. The van der Waals surface area contributed by atoms with Crippen molar-refractivity contribution < 1.29 is 10.2 Å². The molecule has 0 bridgehead atoms. The Morgan fingerprint density at radius 3 is 1.13 bits per heavy atom. The number of fused-ring (bicyclic) bond motifs is 8. The van der Waals surface area contributed by atoms with Gasteiger partial charge in [-0.1, -0.05) is 103 Å². The van der Waals surface area contributed by atoms with E-state index in [1.54, 1.807) is 0 Å². The number of oxazole rings is 2. The van der Waals surface area contributed by atoms with E-state index < -0.39 is 0 Å². The van der Waals surface area contributed by atoms with Gasteiger partial charge >= 0.3 is 0 Å². The first-order chi connectivity index (χ1) is 33.5. The summed E-state index contributed by atoms with van der Waals surface area (Å²) in [5, 5.41) is 13.5. The summed E-state index contributed by atoms with van der Waals surface area (Å²) in [5.74, 6) is 1.10. The van der Waals surface area contributed by atoms with Crippen LogP contribution in [0.3, 0.4) is 0 Å². The quantitative estimate of drug-likeness (QED) is 0.156. The Morgan fingerprint density at radius 1 is 0.299 bits per heavy atom. The minimum Gasteiger partial charge on any atom is -0.436 e. The lowest BCUT2D eigenvalue weighted by Crippen LogP contribution is -2.09. The van der Waals surface area contributed by atoms with Crippen molar-refractivity contribution in [3.63, 3.8) is 0 Å². The molecule has 2 aromatic heterocycles. The highest BCUT2D eigenvalue weighted by molar-refractivity contribution is 6.05. The van der Waals surface area contributed by atoms with E-state index in [0.717, 1.165) is 93.8 Å². The molecule has 5 nitrogen and oxygen atoms in total. The average Bonchev–Trinajstić information content (AvgIpc) is 4.00. The van der Waals surface area contributed by atoms with Gasteiger partial charge in [-0.05, 0) is 197 Å². The van der Waals surface area contributed by atoms with E-state index in [9.17, 15) is 1.37 Å². The number of anilines is 3. The van der Waals surface area contributed by atoms with Crippen molar-refractivity contribution in [3.05, 3.63) is 224 Å². The molecule has 2 heterocycles. The Kier molecular flexibility index (Phi) is 7.99. The summed E-state index contributed by atoms with van der Waals surface area (Å²) in [6, 6.07) is 76.5. The molecule has 0 amide bonds. The summed E-state index contributed by atoms with van der Waals surface area (Å²) in [6.45, 7) is 0. The molecule has 0 aliphatic rings. The van der Waals surface area contributed by atoms with Gasteiger partial charge in [-0.2, -0.15) is 0 Å². The number of aromatic nitrogens is 2. The second kappa shape index (κ2) is 14.7. The predicted molar refractivity (Wildman–Crippen MR) is 278 cm³/mol. The van der Waals surface area contributed by atoms with Crippen LogP contribution in [0.2, 0.25) is 0 Å². The molecule has 14 rings (SSSR count). The van der Waals surface area contributed by atoms with E-state index in [2.05, 4.69) is 199 Å². The maximum Gasteiger partial charge on any atom is 0.227 e. The van der Waals surface area contributed by atoms with Gasteiger partial charge in [-0.25, -0.2) is 9.97 Å². The molecule has 0 saturated carbocycles. The first-order valence-electron chi connectivity index (χ1n) is 23.0. The smallest absolute Gasteiger partial charge is 0.227 e. The number of hydrogen-bond donors (Lipinski definition) is 0. The molecule has 67 heavy (non-hydrogen) atoms. The van der Waals surface area contributed by atoms with Crippen molar-refractivity contribution in [1.29, 1.82) is 0 Å². The summed E-state index contributed by atoms with van der Waals surface area (Å²) in [4.78, 5) is 12.0. The zero-order valence-corrected chi connectivity index (χ0v) is 35.9. The maximum absolute atomic E-state index is 9.75. The van der Waals surface area contributed by atoms with Crippen molar-refractivity contribution in [2.75, 3.05) is 4.90 Å². The van der Waals surface area contributed by atoms with Crippen molar-refractivity contribution in [2.24, 2.45) is 0 Å². The first-order valence-corrected chi connectivity index (χ1v) is 22.5. The Bertz CT molecular complexity index is 4000. The highest BCUT2D eigenvalue weighted by atomic mass is 16.4. The van der Waals surface area contributed by atoms with Crippen LogP contribution in [0, 0.1) is 0 Å². The molecular formula is C62H37N3O2. The maximum atomic E-state index is 9.75. The van der Waals surface area contributed by atoms with E-state index in [-0.39, 0.29) is 0 Å². The molecular weight excluding hydrogens is 819 g/mol. The molecule has 0 saturated heterocycles. The second-order valence-corrected chi connectivity index (χ2v) is 17.4. The van der Waals surface area contributed by atoms with E-state index in [1.807, 2.05) is 24.3 Å². The number of nitrogens with zero attached hydrogens (tertiary/aromatic N) is 3. The van der Waals surface area contributed by atoms with Gasteiger partial charge < -0.3 is 13.7 Å². The Balaban J connectivity index is 0.846. The van der Waals surface area contributed by atoms with Gasteiger partial charge in [-0.3, -0.25) is 0 Å². The van der Waals surface area contributed by atoms with Gasteiger partial charge in [0.05, 0.1) is 1.37 Å². The molecule has 312 valence electrons. The van der Waals surface area contributed by atoms with E-state index in [0.29, 0.717) is 17.8 Å². The van der Waals surface area contributed by atoms with Crippen LogP contribution >= 0.6 is 0 Å². The fraction of sp³-hybridized carbons (Fsp3) is 0. The SMILES string of the molecule is [2H]c1c(N(c2ccc(-c3nc4cc5cc6ccccc6cc5cc4o3)cc2)c2ccc(-c3nc4cc5cc6ccccc6cc5cc4o3)cc2)ccc2cc(-c3ccc4ccccc4c3)ccc12. The highest BCUT2D eigenvalue weighted by Crippen LogP contribution is 2.40. The molecule has 0 unspecified atom stereocenters. The molecule has 0 atom stereocenters. The predicted octanol–water partition coefficient (Wildman–Crippen LogP) is 17.4. The third-order valence-corrected chi connectivity index (χ3v) is 13.2. The van der Waals surface area contributed by atoms with Gasteiger partial charge in [0.15, 0.2) is 11.2 Å². The second-order valence-electron chi connectivity index (χ2n) is 17.4. The molecule has 0 fully saturated rings. The Hall–Kier alpha value is -9.06. The molecule has 0 aliphatic carbocycles. The van der Waals surface area contributed by atoms with Gasteiger partial charge in [0, 0.05) is 28.2 Å². The molecule has 12 aromatic carbocycles. The summed E-state index contributed by atoms with van der Waals surface area (Å²) < 4.78 is 22.6. The molecule has 0 radical (unpaired) electrons. The van der Waals surface area contributed by atoms with Crippen LogP contribution < -0.4 is 4.90 Å². The van der Waals surface area contributed by atoms with Gasteiger partial charge in [0.2, 0.25) is 11.8 Å². The van der Waals surface area contributed by atoms with Crippen LogP contribution in [0.25, 0.3) is 121 Å². The van der Waals surface area contributed by atoms with Gasteiger partial charge in [0.1, 0.15) is 11.0 Å². The monoisotopic (exact) mass is 856 g/mol. The minimum atomic E-state index is 0.429. The lowest BCUT2D eigenvalue weighted by molar-refractivity contribution is 0.620. The van der Waals surface area contributed by atoms with E-state index >= 15 is 0 Å². The summed E-state index contributed by atoms with van der Waals surface area (Å²) in [5.41, 5.74) is 9.60. The molecule has 0 N–H and O–H groups in total. The number of benzene rings is 12. The van der Waals surface area contributed by atoms with E-state index in [4.69, 9.17) is 18.8 Å². The van der Waals surface area contributed by atoms with Crippen LogP contribution in [0.5, 0.6) is 0 Å². The highest BCUT2D eigenvalue weighted by Gasteiger charge is 2.18. The van der Waals surface area contributed by atoms with Gasteiger partial charge in [0.25, 0.3) is 0 Å². The third-order valence-electron chi connectivity index (χ3n) is 13.2. The van der Waals surface area contributed by atoms with Crippen molar-refractivity contribution >= 4 is 104 Å². The number of hydrogen-bond acceptors (Lipinski definition) is 5. The van der Waals surface area contributed by atoms with Crippen molar-refractivity contribution in [1.82, 2.24) is 9.97 Å². The molecule has 0 spiro atoms. The lowest BCUT2D eigenvalue weighted by Gasteiger charge is -2.26. The van der Waals surface area contributed by atoms with Gasteiger partial charge in [-0.15, -0.1) is 0 Å². The minimum absolute atomic E-state index is 0.429. The summed E-state index contributed by atoms with van der Waals surface area (Å²) >= 11 is 0. The van der Waals surface area contributed by atoms with Crippen molar-refractivity contribution in [3.8, 4) is 34.0 Å². The topological polar surface area (TPSA) is 55.3 Å². The summed E-state index contributed by atoms with van der Waals surface area (Å²) in [6.07, 6.45) is 0. The standard InChI is InChI=1S/C62H37N3O2/c1-2-8-41-27-46(14-13-38(41)7-1)47-15-16-49-33-56(26-21-48(49)28-47)65(54-22-17-39(18-23-54)61-63-57-34-50-29-42-9-3-5-11-44(42)31-52(50)36-59(57)66-61)55-24-19-40(20-25-55)62-64-58-35-51-30-43-10-4-6-12-45(43)32-53(51)37-60(58)67-62/h1-37H/i33D. The zero-order valence-electron chi connectivity index (χ0n) is 36.9. The fourth-order valence-corrected chi connectivity index (χ4v) is 9.75. The van der Waals surface area contributed by atoms with Crippen LogP contribution in [-0.2, 0) is 0 Å². The normalized spacial score (nSPS) is 12.1.